The van der Waals surface area contributed by atoms with Gasteiger partial charge in [-0.2, -0.15) is 5.10 Å². The first-order chi connectivity index (χ1) is 9.06. The van der Waals surface area contributed by atoms with E-state index in [0.29, 0.717) is 12.1 Å². The molecule has 2 heterocycles. The van der Waals surface area contributed by atoms with Gasteiger partial charge in [-0.05, 0) is 19.1 Å². The smallest absolute Gasteiger partial charge is 0.251 e. The average Bonchev–Trinajstić information content (AvgIpc) is 2.85. The molecule has 2 aromatic rings. The van der Waals surface area contributed by atoms with Crippen LogP contribution < -0.4 is 10.9 Å². The van der Waals surface area contributed by atoms with Crippen molar-refractivity contribution in [1.29, 1.82) is 0 Å². The van der Waals surface area contributed by atoms with Crippen LogP contribution in [0.4, 0.5) is 0 Å². The molecule has 0 saturated carbocycles. The van der Waals surface area contributed by atoms with Crippen molar-refractivity contribution in [3.63, 3.8) is 0 Å². The van der Waals surface area contributed by atoms with Crippen LogP contribution in [-0.2, 0) is 13.6 Å². The Balaban J connectivity index is 2.00. The molecule has 0 aromatic carbocycles. The van der Waals surface area contributed by atoms with E-state index in [-0.39, 0.29) is 17.5 Å². The van der Waals surface area contributed by atoms with E-state index in [1.165, 1.54) is 10.6 Å². The van der Waals surface area contributed by atoms with E-state index >= 15 is 0 Å². The van der Waals surface area contributed by atoms with Crippen LogP contribution in [-0.4, -0.2) is 26.3 Å². The highest BCUT2D eigenvalue weighted by Gasteiger charge is 2.11. The second-order valence-electron chi connectivity index (χ2n) is 4.47. The van der Waals surface area contributed by atoms with Crippen LogP contribution in [0.15, 0.2) is 41.6 Å². The molecule has 0 fully saturated rings. The summed E-state index contributed by atoms with van der Waals surface area (Å²) in [6.45, 7) is 2.48. The number of rotatable bonds is 4. The molecule has 0 aliphatic heterocycles. The lowest BCUT2D eigenvalue weighted by molar-refractivity contribution is 0.0935. The Bertz CT molecular complexity index is 616. The topological polar surface area (TPSA) is 68.9 Å². The molecule has 0 bridgehead atoms. The maximum atomic E-state index is 12.0. The molecule has 2 aromatic heterocycles. The number of hydrogen-bond donors (Lipinski definition) is 1. The van der Waals surface area contributed by atoms with Gasteiger partial charge in [-0.15, -0.1) is 0 Å². The van der Waals surface area contributed by atoms with Gasteiger partial charge in [-0.25, -0.2) is 0 Å². The molecule has 1 amide bonds. The molecular formula is C13H16N4O2. The van der Waals surface area contributed by atoms with E-state index in [1.807, 2.05) is 19.2 Å². The number of nitrogens with zero attached hydrogens (tertiary/aromatic N) is 3. The zero-order valence-corrected chi connectivity index (χ0v) is 10.9. The number of aromatic nitrogens is 3. The van der Waals surface area contributed by atoms with Crippen molar-refractivity contribution in [3.8, 4) is 0 Å². The molecule has 0 radical (unpaired) electrons. The third-order valence-corrected chi connectivity index (χ3v) is 2.76. The predicted molar refractivity (Wildman–Crippen MR) is 70.8 cm³/mol. The van der Waals surface area contributed by atoms with Gasteiger partial charge in [0, 0.05) is 43.3 Å². The van der Waals surface area contributed by atoms with Gasteiger partial charge in [-0.1, -0.05) is 0 Å². The van der Waals surface area contributed by atoms with Gasteiger partial charge in [0.25, 0.3) is 11.5 Å². The van der Waals surface area contributed by atoms with Crippen molar-refractivity contribution in [3.05, 3.63) is 52.7 Å². The lowest BCUT2D eigenvalue weighted by Crippen LogP contribution is -2.36. The fourth-order valence-electron chi connectivity index (χ4n) is 1.73. The number of aryl methyl sites for hydroxylation is 1. The highest BCUT2D eigenvalue weighted by molar-refractivity contribution is 5.94. The Kier molecular flexibility index (Phi) is 3.79. The van der Waals surface area contributed by atoms with Gasteiger partial charge in [0.1, 0.15) is 0 Å². The summed E-state index contributed by atoms with van der Waals surface area (Å²) in [5.41, 5.74) is 0.169. The summed E-state index contributed by atoms with van der Waals surface area (Å²) in [5, 5.41) is 6.91. The van der Waals surface area contributed by atoms with Crippen molar-refractivity contribution in [2.24, 2.45) is 7.05 Å². The van der Waals surface area contributed by atoms with E-state index < -0.39 is 0 Å². The van der Waals surface area contributed by atoms with Gasteiger partial charge < -0.3 is 9.88 Å². The quantitative estimate of drug-likeness (QED) is 0.865. The average molecular weight is 260 g/mol. The first-order valence-electron chi connectivity index (χ1n) is 6.01. The molecule has 1 N–H and O–H groups in total. The second-order valence-corrected chi connectivity index (χ2v) is 4.47. The molecule has 6 heteroatoms. The molecule has 6 nitrogen and oxygen atoms in total. The number of amides is 1. The monoisotopic (exact) mass is 260 g/mol. The highest BCUT2D eigenvalue weighted by atomic mass is 16.2. The minimum atomic E-state index is -0.252. The van der Waals surface area contributed by atoms with Crippen molar-refractivity contribution in [1.82, 2.24) is 19.7 Å². The minimum absolute atomic E-state index is 0.0727. The summed E-state index contributed by atoms with van der Waals surface area (Å²) in [6, 6.07) is 4.71. The fourth-order valence-corrected chi connectivity index (χ4v) is 1.73. The molecule has 0 aliphatic carbocycles. The van der Waals surface area contributed by atoms with Crippen LogP contribution in [0.5, 0.6) is 0 Å². The number of pyridine rings is 1. The first-order valence-corrected chi connectivity index (χ1v) is 6.01. The van der Waals surface area contributed by atoms with Gasteiger partial charge in [0.15, 0.2) is 0 Å². The molecule has 0 aliphatic rings. The van der Waals surface area contributed by atoms with Crippen molar-refractivity contribution < 1.29 is 4.79 Å². The van der Waals surface area contributed by atoms with Crippen molar-refractivity contribution in [2.45, 2.75) is 19.5 Å². The molecule has 0 saturated heterocycles. The summed E-state index contributed by atoms with van der Waals surface area (Å²) in [7, 11) is 1.64. The predicted octanol–water partition coefficient (Wildman–Crippen LogP) is 0.400. The summed E-state index contributed by atoms with van der Waals surface area (Å²) >= 11 is 0. The molecule has 2 rings (SSSR count). The lowest BCUT2D eigenvalue weighted by atomic mass is 10.2. The standard InChI is InChI=1S/C13H16N4O2/c1-10(9-17-6-3-5-14-17)15-13(19)11-4-7-16(2)12(18)8-11/h3-8,10H,9H2,1-2H3,(H,15,19)/t10-/m0/s1. The van der Waals surface area contributed by atoms with Crippen LogP contribution in [0.2, 0.25) is 0 Å². The summed E-state index contributed by atoms with van der Waals surface area (Å²) in [5.74, 6) is -0.252. The number of carbonyl (C=O) groups excluding carboxylic acids is 1. The Labute approximate surface area is 110 Å². The third kappa shape index (κ3) is 3.31. The maximum absolute atomic E-state index is 12.0. The Morgan fingerprint density at radius 3 is 2.89 bits per heavy atom. The molecule has 100 valence electrons. The Morgan fingerprint density at radius 1 is 1.47 bits per heavy atom. The van der Waals surface area contributed by atoms with Crippen LogP contribution in [0.3, 0.4) is 0 Å². The zero-order chi connectivity index (χ0) is 13.8. The molecule has 19 heavy (non-hydrogen) atoms. The van der Waals surface area contributed by atoms with Crippen molar-refractivity contribution >= 4 is 5.91 Å². The van der Waals surface area contributed by atoms with Crippen LogP contribution in [0.25, 0.3) is 0 Å². The van der Waals surface area contributed by atoms with Crippen molar-refractivity contribution in [2.75, 3.05) is 0 Å². The van der Waals surface area contributed by atoms with Gasteiger partial charge in [0.2, 0.25) is 0 Å². The van der Waals surface area contributed by atoms with E-state index in [2.05, 4.69) is 10.4 Å². The molecule has 1 atom stereocenters. The largest absolute Gasteiger partial charge is 0.348 e. The summed E-state index contributed by atoms with van der Waals surface area (Å²) < 4.78 is 3.17. The third-order valence-electron chi connectivity index (χ3n) is 2.76. The number of carbonyl (C=O) groups is 1. The minimum Gasteiger partial charge on any atom is -0.348 e. The van der Waals surface area contributed by atoms with Crippen LogP contribution in [0, 0.1) is 0 Å². The lowest BCUT2D eigenvalue weighted by Gasteiger charge is -2.14. The zero-order valence-electron chi connectivity index (χ0n) is 10.9. The molecule has 0 spiro atoms. The SMILES string of the molecule is C[C@@H](Cn1cccn1)NC(=O)c1ccn(C)c(=O)c1. The van der Waals surface area contributed by atoms with E-state index in [4.69, 9.17) is 0 Å². The van der Waals surface area contributed by atoms with Gasteiger partial charge >= 0.3 is 0 Å². The van der Waals surface area contributed by atoms with Gasteiger partial charge in [-0.3, -0.25) is 14.3 Å². The van der Waals surface area contributed by atoms with E-state index in [9.17, 15) is 9.59 Å². The molecular weight excluding hydrogens is 244 g/mol. The number of hydrogen-bond acceptors (Lipinski definition) is 3. The second kappa shape index (κ2) is 5.51. The molecule has 0 unspecified atom stereocenters. The van der Waals surface area contributed by atoms with Crippen LogP contribution in [0.1, 0.15) is 17.3 Å². The normalized spacial score (nSPS) is 12.1. The van der Waals surface area contributed by atoms with Gasteiger partial charge in [0.05, 0.1) is 6.54 Å². The highest BCUT2D eigenvalue weighted by Crippen LogP contribution is 1.97. The summed E-state index contributed by atoms with van der Waals surface area (Å²) in [4.78, 5) is 23.4. The maximum Gasteiger partial charge on any atom is 0.251 e. The Morgan fingerprint density at radius 2 is 2.26 bits per heavy atom. The first kappa shape index (κ1) is 13.1. The van der Waals surface area contributed by atoms with E-state index in [0.717, 1.165) is 0 Å². The number of nitrogens with one attached hydrogen (secondary N) is 1. The Hall–Kier alpha value is -2.37. The fraction of sp³-hybridized carbons (Fsp3) is 0.308. The summed E-state index contributed by atoms with van der Waals surface area (Å²) in [6.07, 6.45) is 5.10. The van der Waals surface area contributed by atoms with E-state index in [1.54, 1.807) is 30.2 Å². The van der Waals surface area contributed by atoms with Crippen LogP contribution >= 0.6 is 0 Å².